The lowest BCUT2D eigenvalue weighted by molar-refractivity contribution is -0.480. The standard InChI is InChI=1S/C38H48O14.C30H36O12.C29H36O10/c1-18(2)25(45-10)24-26-31(5,27(47-19(3)39)21-11-14-46-16-21)12-13-35-33(7)22(15-23(41)44-9)32(6)17-36(33)37(43,29(32)48-20(4)40)30(49-28(24)42)38(26,35)52-34(8,50-35)51-36;1-14(31)38-20(15-6-9-37-12-15)23(2)7-8-27-25(4)16(10-18(32)33)24(3)13-28(25)29(36,21(24)35)22-30(27,17(23)11-19(34)39-22)42-26(5,40-27)41-28;1-14-10-17-22(2,19(32)15-6-9-35-12-15)7-8-26-24(4)16(11-18(30)31)23(3)13-27(24)28(34,20(23)33)21(36-14)29(17,26)39-25(5,37-26)38-27/h11,14,16,18,22,26-27,29-30,43H,12-13,15,17H2,1-10H3;6,9,12,16-17,20-22,35-36H,7-8,10-11,13H2,1-5H3,(H,32,33);6,9,12,16-17,19-21,32-34H,1,7-8,10-11,13H2,2-5H3,(H,30,31)/b25-24-;;. The van der Waals surface area contributed by atoms with Crippen molar-refractivity contribution >= 4 is 47.8 Å². The number of furan rings is 3. The zero-order valence-electron chi connectivity index (χ0n) is 78.0. The van der Waals surface area contributed by atoms with Gasteiger partial charge in [0.1, 0.15) is 68.9 Å². The number of carbonyl (C=O) groups excluding carboxylic acids is 6. The number of fused-ring (bicyclic) bond motifs is 9. The van der Waals surface area contributed by atoms with Crippen molar-refractivity contribution in [1.82, 2.24) is 0 Å². The fraction of sp³-hybridized carbons (Fsp3) is 0.753. The molecular weight excluding hydrogens is 1740 g/mol. The van der Waals surface area contributed by atoms with Crippen molar-refractivity contribution in [2.75, 3.05) is 14.2 Å². The molecule has 9 aliphatic heterocycles. The molecule has 12 heterocycles. The Hall–Kier alpha value is -7.92. The Labute approximate surface area is 765 Å². The minimum absolute atomic E-state index is 0.115. The molecule has 12 aliphatic carbocycles. The summed E-state index contributed by atoms with van der Waals surface area (Å²) in [5.41, 5.74) is -27.1. The molecule has 3 aromatic rings. The van der Waals surface area contributed by atoms with Crippen LogP contribution in [0.3, 0.4) is 0 Å². The molecule has 36 heteroatoms. The van der Waals surface area contributed by atoms with E-state index in [9.17, 15) is 79.2 Å². The van der Waals surface area contributed by atoms with Gasteiger partial charge in [-0.3, -0.25) is 33.6 Å². The first kappa shape index (κ1) is 90.2. The number of carbonyl (C=O) groups is 8. The molecule has 724 valence electrons. The first-order chi connectivity index (χ1) is 61.9. The van der Waals surface area contributed by atoms with E-state index in [-0.39, 0.29) is 62.9 Å². The molecule has 0 radical (unpaired) electrons. The van der Waals surface area contributed by atoms with Crippen LogP contribution in [0.1, 0.15) is 243 Å². The number of aliphatic hydroxyl groups excluding tert-OH is 3. The number of esters is 6. The van der Waals surface area contributed by atoms with Crippen LogP contribution in [0.25, 0.3) is 0 Å². The summed E-state index contributed by atoms with van der Waals surface area (Å²) in [5, 5.41) is 95.8. The lowest BCUT2D eigenvalue weighted by atomic mass is 9.33. The van der Waals surface area contributed by atoms with Crippen LogP contribution in [-0.2, 0) is 119 Å². The van der Waals surface area contributed by atoms with Crippen LogP contribution in [0.15, 0.2) is 92.7 Å². The molecule has 12 bridgehead atoms. The van der Waals surface area contributed by atoms with Crippen LogP contribution in [0.2, 0.25) is 0 Å². The number of aliphatic carboxylic acids is 2. The van der Waals surface area contributed by atoms with E-state index in [1.165, 1.54) is 72.6 Å². The summed E-state index contributed by atoms with van der Waals surface area (Å²) in [6, 6.07) is 5.14. The summed E-state index contributed by atoms with van der Waals surface area (Å²) in [6.07, 6.45) is 0.196. The maximum absolute atomic E-state index is 14.9. The quantitative estimate of drug-likeness (QED) is 0.0270. The topological polar surface area (TPSA) is 495 Å². The number of allylic oxidation sites excluding steroid dienone is 2. The maximum Gasteiger partial charge on any atom is 0.338 e. The van der Waals surface area contributed by atoms with Gasteiger partial charge >= 0.3 is 47.8 Å². The van der Waals surface area contributed by atoms with Crippen LogP contribution < -0.4 is 0 Å². The monoisotopic (exact) mass is 1860 g/mol. The smallest absolute Gasteiger partial charge is 0.338 e. The van der Waals surface area contributed by atoms with E-state index in [1.807, 2.05) is 69.2 Å². The van der Waals surface area contributed by atoms with Gasteiger partial charge in [-0.05, 0) is 93.7 Å². The van der Waals surface area contributed by atoms with E-state index < -0.39 is 272 Å². The van der Waals surface area contributed by atoms with Gasteiger partial charge < -0.3 is 135 Å². The predicted octanol–water partition coefficient (Wildman–Crippen LogP) is 8.87. The molecule has 21 aliphatic rings. The molecule has 39 unspecified atom stereocenters. The summed E-state index contributed by atoms with van der Waals surface area (Å²) in [5.74, 6) is -14.6. The number of hydrogen-bond donors (Lipinski definition) is 8. The van der Waals surface area contributed by atoms with Gasteiger partial charge in [-0.25, -0.2) is 4.79 Å². The number of hydrogen-bond acceptors (Lipinski definition) is 34. The van der Waals surface area contributed by atoms with Gasteiger partial charge in [0.25, 0.3) is 17.9 Å². The van der Waals surface area contributed by atoms with Crippen molar-refractivity contribution in [3.8, 4) is 0 Å². The third-order valence-electron chi connectivity index (χ3n) is 40.3. The summed E-state index contributed by atoms with van der Waals surface area (Å²) in [7, 11) is 2.78. The summed E-state index contributed by atoms with van der Waals surface area (Å²) < 4.78 is 128. The Morgan fingerprint density at radius 2 is 0.872 bits per heavy atom. The van der Waals surface area contributed by atoms with Gasteiger partial charge in [-0.2, -0.15) is 0 Å². The molecular formula is C97H120O36. The number of aliphatic hydroxyl groups is 6. The molecule has 8 N–H and O–H groups in total. The zero-order chi connectivity index (χ0) is 95.7. The van der Waals surface area contributed by atoms with Crippen LogP contribution in [-0.4, -0.2) is 225 Å². The Morgan fingerprint density at radius 3 is 1.31 bits per heavy atom. The number of carboxylic acid groups (broad SMARTS) is 2. The second-order valence-corrected chi connectivity index (χ2v) is 45.8. The average molecular weight is 1860 g/mol. The van der Waals surface area contributed by atoms with Gasteiger partial charge in [-0.15, -0.1) is 0 Å². The van der Waals surface area contributed by atoms with Crippen LogP contribution >= 0.6 is 0 Å². The zero-order valence-corrected chi connectivity index (χ0v) is 78.0. The fourth-order valence-electron chi connectivity index (χ4n) is 36.9. The van der Waals surface area contributed by atoms with E-state index in [0.29, 0.717) is 66.7 Å². The van der Waals surface area contributed by atoms with Crippen LogP contribution in [0, 0.1) is 90.2 Å². The minimum Gasteiger partial charge on any atom is -0.500 e. The molecule has 24 rings (SSSR count). The van der Waals surface area contributed by atoms with Gasteiger partial charge in [0.15, 0.2) is 40.7 Å². The molecule has 3 aromatic heterocycles. The molecule has 39 atom stereocenters. The third-order valence-corrected chi connectivity index (χ3v) is 40.3. The van der Waals surface area contributed by atoms with E-state index in [2.05, 4.69) is 6.58 Å². The highest BCUT2D eigenvalue weighted by Crippen LogP contribution is 2.95. The Morgan fingerprint density at radius 1 is 0.474 bits per heavy atom. The van der Waals surface area contributed by atoms with Gasteiger partial charge in [0.2, 0.25) is 0 Å². The van der Waals surface area contributed by atoms with Crippen molar-refractivity contribution < 1.29 is 173 Å². The SMILES string of the molecule is C=C1CC2C(C)(C(O)c3ccoc3)CCC34OC5(C)OC23C(O1)C1(O)C(O)C2(C)CC1(O5)C4(C)C2CC(=O)O.CC(=O)OC(c1ccoc1)C1(C)CCC23OC4(C)OC25C1CC(=O)OC5C1(O)C(O)C2(C)CC1(O4)C3(C)C2CC(=O)O.COC(=O)CC1C2(C)CC34OC5(C)OC67C(/C(=C(/OC)C(C)C)C(=O)OC6C3(O)C2OC(C)=O)C(C)(C(OC(C)=O)c2ccoc2)CCC7(O5)C14C. The van der Waals surface area contributed by atoms with Crippen molar-refractivity contribution in [3.05, 3.63) is 96.1 Å². The lowest BCUT2D eigenvalue weighted by Crippen LogP contribution is -2.94. The predicted molar refractivity (Wildman–Crippen MR) is 441 cm³/mol. The van der Waals surface area contributed by atoms with Crippen LogP contribution in [0.5, 0.6) is 0 Å². The van der Waals surface area contributed by atoms with Gasteiger partial charge in [0.05, 0.1) is 87.9 Å². The summed E-state index contributed by atoms with van der Waals surface area (Å²) in [6.45, 7) is 33.9. The highest BCUT2D eigenvalue weighted by atomic mass is 17.0. The summed E-state index contributed by atoms with van der Waals surface area (Å²) >= 11 is 0. The van der Waals surface area contributed by atoms with Crippen molar-refractivity contribution in [3.63, 3.8) is 0 Å². The highest BCUT2D eigenvalue weighted by Gasteiger charge is 3.09. The second kappa shape index (κ2) is 26.0. The third kappa shape index (κ3) is 9.05. The van der Waals surface area contributed by atoms with E-state index in [1.54, 1.807) is 45.9 Å². The minimum atomic E-state index is -2.21. The Balaban J connectivity index is 0.000000118. The van der Waals surface area contributed by atoms with E-state index in [0.717, 1.165) is 0 Å². The maximum atomic E-state index is 14.9. The summed E-state index contributed by atoms with van der Waals surface area (Å²) in [4.78, 5) is 105. The molecule has 12 saturated carbocycles. The average Bonchev–Trinajstić information content (AvgIpc) is 1.42. The lowest BCUT2D eigenvalue weighted by Gasteiger charge is -2.77. The van der Waals surface area contributed by atoms with E-state index in [4.69, 9.17) is 93.8 Å². The second-order valence-electron chi connectivity index (χ2n) is 45.8. The van der Waals surface area contributed by atoms with Gasteiger partial charge in [0, 0.05) is 156 Å². The van der Waals surface area contributed by atoms with Crippen LogP contribution in [0.4, 0.5) is 0 Å². The highest BCUT2D eigenvalue weighted by molar-refractivity contribution is 5.93. The molecule has 0 amide bonds. The first-order valence-corrected chi connectivity index (χ1v) is 46.5. The number of carboxylic acids is 2. The largest absolute Gasteiger partial charge is 0.500 e. The Bertz CT molecular complexity index is 5640. The fourth-order valence-corrected chi connectivity index (χ4v) is 36.9. The van der Waals surface area contributed by atoms with Crippen molar-refractivity contribution in [2.24, 2.45) is 90.2 Å². The molecule has 36 nitrogen and oxygen atoms in total. The normalized spacial score (nSPS) is 54.6. The molecule has 9 spiro atoms. The van der Waals surface area contributed by atoms with Crippen molar-refractivity contribution in [1.29, 1.82) is 0 Å². The van der Waals surface area contributed by atoms with Gasteiger partial charge in [-0.1, -0.05) is 82.7 Å². The molecule has 9 saturated heterocycles. The number of ether oxygens (including phenoxy) is 17. The molecule has 21 fully saturated rings. The molecule has 0 aromatic carbocycles. The molecule has 133 heavy (non-hydrogen) atoms. The van der Waals surface area contributed by atoms with Crippen molar-refractivity contribution in [2.45, 2.75) is 348 Å². The Kier molecular flexibility index (Phi) is 17.6. The first-order valence-electron chi connectivity index (χ1n) is 46.5. The number of methoxy groups -OCH3 is 2. The number of rotatable bonds is 17. The van der Waals surface area contributed by atoms with E-state index >= 15 is 0 Å².